The Labute approximate surface area is 93.5 Å². The van der Waals surface area contributed by atoms with Crippen molar-refractivity contribution in [3.05, 3.63) is 0 Å². The van der Waals surface area contributed by atoms with Gasteiger partial charge in [-0.1, -0.05) is 20.3 Å². The number of hydrogen-bond donors (Lipinski definition) is 1. The van der Waals surface area contributed by atoms with Crippen LogP contribution in [0.3, 0.4) is 0 Å². The van der Waals surface area contributed by atoms with E-state index in [0.29, 0.717) is 12.0 Å². The summed E-state index contributed by atoms with van der Waals surface area (Å²) in [6.07, 6.45) is 1.08. The molecule has 0 aliphatic carbocycles. The van der Waals surface area contributed by atoms with E-state index in [4.69, 9.17) is 5.11 Å². The molecule has 0 aromatic rings. The molecule has 0 aromatic carbocycles. The van der Waals surface area contributed by atoms with Crippen LogP contribution in [0.5, 0.6) is 0 Å². The van der Waals surface area contributed by atoms with Gasteiger partial charge < -0.3 is 5.11 Å². The van der Waals surface area contributed by atoms with Crippen molar-refractivity contribution in [3.8, 4) is 0 Å². The molecule has 0 rings (SSSR count). The first kappa shape index (κ1) is 14.4. The summed E-state index contributed by atoms with van der Waals surface area (Å²) >= 11 is 0. The van der Waals surface area contributed by atoms with E-state index in [9.17, 15) is 4.79 Å². The highest BCUT2D eigenvalue weighted by Gasteiger charge is 2.30. The number of carbonyl (C=O) groups is 1. The van der Waals surface area contributed by atoms with E-state index in [1.165, 1.54) is 0 Å². The summed E-state index contributed by atoms with van der Waals surface area (Å²) in [4.78, 5) is 12.9. The maximum atomic E-state index is 10.8. The smallest absolute Gasteiger partial charge is 0.317 e. The third-order valence-corrected chi connectivity index (χ3v) is 3.13. The predicted molar refractivity (Wildman–Crippen MR) is 63.0 cm³/mol. The van der Waals surface area contributed by atoms with Gasteiger partial charge in [-0.3, -0.25) is 9.69 Å². The maximum absolute atomic E-state index is 10.8. The standard InChI is InChI=1S/C12H25NO2/c1-7-9(2)10(3)13(8-11(14)15)12(4,5)6/h9-10H,7-8H2,1-6H3,(H,14,15). The van der Waals surface area contributed by atoms with Gasteiger partial charge in [-0.05, 0) is 33.6 Å². The normalized spacial score (nSPS) is 16.5. The number of hydrogen-bond acceptors (Lipinski definition) is 2. The highest BCUT2D eigenvalue weighted by molar-refractivity contribution is 5.69. The second kappa shape index (κ2) is 5.50. The van der Waals surface area contributed by atoms with Crippen LogP contribution in [0.2, 0.25) is 0 Å². The summed E-state index contributed by atoms with van der Waals surface area (Å²) < 4.78 is 0. The Bertz CT molecular complexity index is 208. The van der Waals surface area contributed by atoms with Gasteiger partial charge >= 0.3 is 5.97 Å². The van der Waals surface area contributed by atoms with Crippen LogP contribution in [0.1, 0.15) is 48.0 Å². The summed E-state index contributed by atoms with van der Waals surface area (Å²) in [5, 5.41) is 8.91. The van der Waals surface area contributed by atoms with Gasteiger partial charge in [0.2, 0.25) is 0 Å². The Kier molecular flexibility index (Phi) is 5.29. The van der Waals surface area contributed by atoms with Crippen LogP contribution in [-0.4, -0.2) is 34.1 Å². The second-order valence-corrected chi connectivity index (χ2v) is 5.32. The molecule has 0 saturated carbocycles. The van der Waals surface area contributed by atoms with Gasteiger partial charge in [0.1, 0.15) is 0 Å². The number of aliphatic carboxylic acids is 1. The van der Waals surface area contributed by atoms with Crippen LogP contribution < -0.4 is 0 Å². The second-order valence-electron chi connectivity index (χ2n) is 5.32. The number of carboxylic acids is 1. The summed E-state index contributed by atoms with van der Waals surface area (Å²) in [6, 6.07) is 0.297. The van der Waals surface area contributed by atoms with Gasteiger partial charge in [0, 0.05) is 11.6 Å². The summed E-state index contributed by atoms with van der Waals surface area (Å²) in [5.41, 5.74) is -0.0960. The SMILES string of the molecule is CCC(C)C(C)N(CC(=O)O)C(C)(C)C. The molecule has 0 amide bonds. The molecule has 2 atom stereocenters. The highest BCUT2D eigenvalue weighted by Crippen LogP contribution is 2.22. The topological polar surface area (TPSA) is 40.5 Å². The first-order valence-corrected chi connectivity index (χ1v) is 5.68. The number of nitrogens with zero attached hydrogens (tertiary/aromatic N) is 1. The highest BCUT2D eigenvalue weighted by atomic mass is 16.4. The van der Waals surface area contributed by atoms with E-state index in [-0.39, 0.29) is 12.1 Å². The molecule has 3 heteroatoms. The fourth-order valence-electron chi connectivity index (χ4n) is 1.79. The average Bonchev–Trinajstić information content (AvgIpc) is 2.09. The van der Waals surface area contributed by atoms with E-state index >= 15 is 0 Å². The van der Waals surface area contributed by atoms with Crippen LogP contribution in [0.4, 0.5) is 0 Å². The first-order chi connectivity index (χ1) is 6.70. The molecular weight excluding hydrogens is 190 g/mol. The molecule has 0 spiro atoms. The molecule has 0 aliphatic heterocycles. The minimum absolute atomic E-state index is 0.0960. The zero-order chi connectivity index (χ0) is 12.2. The van der Waals surface area contributed by atoms with E-state index in [2.05, 4.69) is 46.4 Å². The average molecular weight is 215 g/mol. The van der Waals surface area contributed by atoms with Crippen molar-refractivity contribution < 1.29 is 9.90 Å². The molecule has 2 unspecified atom stereocenters. The molecule has 0 saturated heterocycles. The van der Waals surface area contributed by atoms with Crippen molar-refractivity contribution in [1.82, 2.24) is 4.90 Å². The third-order valence-electron chi connectivity index (χ3n) is 3.13. The third kappa shape index (κ3) is 4.65. The lowest BCUT2D eigenvalue weighted by atomic mass is 9.94. The van der Waals surface area contributed by atoms with Gasteiger partial charge in [0.25, 0.3) is 0 Å². The molecule has 0 bridgehead atoms. The Morgan fingerprint density at radius 2 is 1.80 bits per heavy atom. The van der Waals surface area contributed by atoms with Crippen molar-refractivity contribution in [2.75, 3.05) is 6.54 Å². The van der Waals surface area contributed by atoms with E-state index in [1.807, 2.05) is 0 Å². The molecular formula is C12H25NO2. The van der Waals surface area contributed by atoms with E-state index in [1.54, 1.807) is 0 Å². The molecule has 1 N–H and O–H groups in total. The molecule has 0 fully saturated rings. The lowest BCUT2D eigenvalue weighted by Gasteiger charge is -2.41. The van der Waals surface area contributed by atoms with Crippen LogP contribution in [0.25, 0.3) is 0 Å². The van der Waals surface area contributed by atoms with Gasteiger partial charge in [0.15, 0.2) is 0 Å². The van der Waals surface area contributed by atoms with Gasteiger partial charge in [-0.15, -0.1) is 0 Å². The zero-order valence-corrected chi connectivity index (χ0v) is 10.9. The molecule has 0 heterocycles. The van der Waals surface area contributed by atoms with E-state index in [0.717, 1.165) is 6.42 Å². The Hall–Kier alpha value is -0.570. The lowest BCUT2D eigenvalue weighted by molar-refractivity contribution is -0.141. The summed E-state index contributed by atoms with van der Waals surface area (Å²) in [6.45, 7) is 12.7. The zero-order valence-electron chi connectivity index (χ0n) is 10.9. The van der Waals surface area contributed by atoms with Crippen LogP contribution in [0.15, 0.2) is 0 Å². The quantitative estimate of drug-likeness (QED) is 0.766. The van der Waals surface area contributed by atoms with Crippen LogP contribution >= 0.6 is 0 Å². The van der Waals surface area contributed by atoms with Crippen molar-refractivity contribution in [2.24, 2.45) is 5.92 Å². The van der Waals surface area contributed by atoms with E-state index < -0.39 is 5.97 Å². The largest absolute Gasteiger partial charge is 0.480 e. The fourth-order valence-corrected chi connectivity index (χ4v) is 1.79. The van der Waals surface area contributed by atoms with Gasteiger partial charge in [0.05, 0.1) is 6.54 Å². The van der Waals surface area contributed by atoms with Crippen molar-refractivity contribution in [3.63, 3.8) is 0 Å². The molecule has 0 aromatic heterocycles. The van der Waals surface area contributed by atoms with Crippen LogP contribution in [0, 0.1) is 5.92 Å². The first-order valence-electron chi connectivity index (χ1n) is 5.68. The number of rotatable bonds is 5. The minimum Gasteiger partial charge on any atom is -0.480 e. The Balaban J connectivity index is 4.70. The van der Waals surface area contributed by atoms with Crippen LogP contribution in [-0.2, 0) is 4.79 Å². The summed E-state index contributed by atoms with van der Waals surface area (Å²) in [5.74, 6) is -0.233. The fraction of sp³-hybridized carbons (Fsp3) is 0.917. The Morgan fingerprint density at radius 3 is 2.07 bits per heavy atom. The molecule has 90 valence electrons. The maximum Gasteiger partial charge on any atom is 0.317 e. The molecule has 15 heavy (non-hydrogen) atoms. The summed E-state index contributed by atoms with van der Waals surface area (Å²) in [7, 11) is 0. The molecule has 3 nitrogen and oxygen atoms in total. The molecule has 0 aliphatic rings. The lowest BCUT2D eigenvalue weighted by Crippen LogP contribution is -2.51. The number of carboxylic acid groups (broad SMARTS) is 1. The van der Waals surface area contributed by atoms with Crippen molar-refractivity contribution >= 4 is 5.97 Å². The van der Waals surface area contributed by atoms with Crippen molar-refractivity contribution in [2.45, 2.75) is 59.5 Å². The van der Waals surface area contributed by atoms with Gasteiger partial charge in [-0.25, -0.2) is 0 Å². The monoisotopic (exact) mass is 215 g/mol. The molecule has 0 radical (unpaired) electrons. The predicted octanol–water partition coefficient (Wildman–Crippen LogP) is 2.61. The minimum atomic E-state index is -0.750. The van der Waals surface area contributed by atoms with Gasteiger partial charge in [-0.2, -0.15) is 0 Å². The Morgan fingerprint density at radius 1 is 1.33 bits per heavy atom. The van der Waals surface area contributed by atoms with Crippen molar-refractivity contribution in [1.29, 1.82) is 0 Å².